The van der Waals surface area contributed by atoms with Gasteiger partial charge in [0, 0.05) is 17.7 Å². The van der Waals surface area contributed by atoms with Crippen LogP contribution in [0.4, 0.5) is 5.69 Å². The molecule has 2 aromatic heterocycles. The number of hydrogen-bond acceptors (Lipinski definition) is 4. The number of benzene rings is 2. The van der Waals surface area contributed by atoms with Crippen molar-refractivity contribution >= 4 is 22.0 Å². The Morgan fingerprint density at radius 1 is 1.05 bits per heavy atom. The molecule has 22 heavy (non-hydrogen) atoms. The molecule has 0 unspecified atom stereocenters. The monoisotopic (exact) mass is 306 g/mol. The van der Waals surface area contributed by atoms with Crippen LogP contribution in [0.5, 0.6) is 0 Å². The number of rotatable bonds is 3. The van der Waals surface area contributed by atoms with E-state index in [1.54, 1.807) is 11.3 Å². The molecule has 4 rings (SSSR count). The van der Waals surface area contributed by atoms with Crippen molar-refractivity contribution in [3.05, 3.63) is 71.4 Å². The second kappa shape index (κ2) is 5.27. The first-order valence-electron chi connectivity index (χ1n) is 7.03. The average Bonchev–Trinajstić information content (AvgIpc) is 3.06. The van der Waals surface area contributed by atoms with E-state index in [9.17, 15) is 0 Å². The quantitative estimate of drug-likeness (QED) is 0.588. The Kier molecular flexibility index (Phi) is 3.12. The summed E-state index contributed by atoms with van der Waals surface area (Å²) in [6.45, 7) is 0. The van der Waals surface area contributed by atoms with Crippen molar-refractivity contribution in [1.29, 1.82) is 0 Å². The van der Waals surface area contributed by atoms with Gasteiger partial charge in [-0.25, -0.2) is 9.50 Å². The molecule has 0 bridgehead atoms. The van der Waals surface area contributed by atoms with Crippen LogP contribution < -0.4 is 5.73 Å². The highest BCUT2D eigenvalue weighted by Crippen LogP contribution is 2.24. The number of nitrogen functional groups attached to an aromatic ring is 1. The Morgan fingerprint density at radius 3 is 2.68 bits per heavy atom. The maximum absolute atomic E-state index is 5.83. The highest BCUT2D eigenvalue weighted by atomic mass is 32.1. The van der Waals surface area contributed by atoms with E-state index in [0.29, 0.717) is 0 Å². The van der Waals surface area contributed by atoms with Crippen molar-refractivity contribution in [3.8, 4) is 11.3 Å². The van der Waals surface area contributed by atoms with Crippen LogP contribution in [0, 0.1) is 0 Å². The van der Waals surface area contributed by atoms with E-state index in [0.717, 1.165) is 33.3 Å². The zero-order valence-electron chi connectivity index (χ0n) is 11.8. The molecule has 0 fully saturated rings. The third-order valence-corrected chi connectivity index (χ3v) is 4.39. The fraction of sp³-hybridized carbons (Fsp3) is 0.0588. The molecule has 0 spiro atoms. The predicted octanol–water partition coefficient (Wildman–Crippen LogP) is 3.63. The topological polar surface area (TPSA) is 56.2 Å². The third kappa shape index (κ3) is 2.46. The Morgan fingerprint density at radius 2 is 1.91 bits per heavy atom. The summed E-state index contributed by atoms with van der Waals surface area (Å²) in [6, 6.07) is 18.1. The molecule has 2 heterocycles. The van der Waals surface area contributed by atoms with Gasteiger partial charge in [0.1, 0.15) is 5.01 Å². The summed E-state index contributed by atoms with van der Waals surface area (Å²) in [7, 11) is 0. The first-order valence-corrected chi connectivity index (χ1v) is 7.84. The van der Waals surface area contributed by atoms with Crippen LogP contribution in [0.3, 0.4) is 0 Å². The van der Waals surface area contributed by atoms with Gasteiger partial charge in [0.2, 0.25) is 4.96 Å². The molecule has 4 nitrogen and oxygen atoms in total. The van der Waals surface area contributed by atoms with Crippen molar-refractivity contribution in [2.45, 2.75) is 6.42 Å². The molecule has 0 saturated carbocycles. The number of nitrogens with zero attached hydrogens (tertiary/aromatic N) is 3. The van der Waals surface area contributed by atoms with Gasteiger partial charge in [0.15, 0.2) is 0 Å². The summed E-state index contributed by atoms with van der Waals surface area (Å²) >= 11 is 1.62. The van der Waals surface area contributed by atoms with Gasteiger partial charge < -0.3 is 5.73 Å². The van der Waals surface area contributed by atoms with Crippen molar-refractivity contribution in [3.63, 3.8) is 0 Å². The fourth-order valence-electron chi connectivity index (χ4n) is 2.42. The van der Waals surface area contributed by atoms with Gasteiger partial charge in [0.25, 0.3) is 0 Å². The Labute approximate surface area is 131 Å². The normalized spacial score (nSPS) is 11.1. The third-order valence-electron chi connectivity index (χ3n) is 3.47. The summed E-state index contributed by atoms with van der Waals surface area (Å²) in [5, 5.41) is 5.68. The van der Waals surface area contributed by atoms with Crippen molar-refractivity contribution in [2.75, 3.05) is 5.73 Å². The molecular weight excluding hydrogens is 292 g/mol. The van der Waals surface area contributed by atoms with Gasteiger partial charge in [-0.15, -0.1) is 0 Å². The largest absolute Gasteiger partial charge is 0.399 e. The zero-order valence-corrected chi connectivity index (χ0v) is 12.6. The molecule has 0 aliphatic heterocycles. The number of anilines is 1. The minimum Gasteiger partial charge on any atom is -0.399 e. The Hall–Kier alpha value is -2.66. The molecule has 0 aliphatic rings. The number of aromatic nitrogens is 3. The number of nitrogens with two attached hydrogens (primary N) is 1. The molecule has 0 saturated heterocycles. The number of hydrogen-bond donors (Lipinski definition) is 1. The van der Waals surface area contributed by atoms with E-state index in [-0.39, 0.29) is 0 Å². The maximum Gasteiger partial charge on any atom is 0.212 e. The van der Waals surface area contributed by atoms with Gasteiger partial charge in [0.05, 0.1) is 11.9 Å². The van der Waals surface area contributed by atoms with Crippen molar-refractivity contribution in [2.24, 2.45) is 0 Å². The molecular formula is C17H14N4S. The van der Waals surface area contributed by atoms with Gasteiger partial charge in [-0.1, -0.05) is 53.8 Å². The highest BCUT2D eigenvalue weighted by Gasteiger charge is 2.10. The highest BCUT2D eigenvalue weighted by molar-refractivity contribution is 7.16. The van der Waals surface area contributed by atoms with Crippen LogP contribution in [0.1, 0.15) is 10.6 Å². The van der Waals surface area contributed by atoms with Crippen LogP contribution in [-0.2, 0) is 6.42 Å². The second-order valence-corrected chi connectivity index (χ2v) is 6.18. The fourth-order valence-corrected chi connectivity index (χ4v) is 3.33. The van der Waals surface area contributed by atoms with Crippen LogP contribution in [0.15, 0.2) is 60.8 Å². The smallest absolute Gasteiger partial charge is 0.212 e. The molecule has 0 radical (unpaired) electrons. The maximum atomic E-state index is 5.83. The molecule has 5 heteroatoms. The lowest BCUT2D eigenvalue weighted by Crippen LogP contribution is -1.89. The van der Waals surface area contributed by atoms with Crippen molar-refractivity contribution in [1.82, 2.24) is 14.6 Å². The zero-order chi connectivity index (χ0) is 14.9. The molecule has 0 atom stereocenters. The minimum absolute atomic E-state index is 0.742. The van der Waals surface area contributed by atoms with E-state index in [1.165, 1.54) is 5.56 Å². The van der Waals surface area contributed by atoms with Gasteiger partial charge in [-0.3, -0.25) is 0 Å². The number of fused-ring (bicyclic) bond motifs is 1. The van der Waals surface area contributed by atoms with Crippen LogP contribution in [0.2, 0.25) is 0 Å². The first-order chi connectivity index (χ1) is 10.8. The van der Waals surface area contributed by atoms with E-state index in [2.05, 4.69) is 22.2 Å². The molecule has 108 valence electrons. The standard InChI is InChI=1S/C17H14N4S/c18-14-8-4-7-13(10-14)15-11-21-17(19-15)22-16(20-21)9-12-5-2-1-3-6-12/h1-8,10-11H,9,18H2. The summed E-state index contributed by atoms with van der Waals surface area (Å²) in [5.74, 6) is 0. The molecule has 0 aliphatic carbocycles. The average molecular weight is 306 g/mol. The molecule has 2 aromatic carbocycles. The predicted molar refractivity (Wildman–Crippen MR) is 90.0 cm³/mol. The Bertz CT molecular complexity index is 893. The van der Waals surface area contributed by atoms with E-state index in [1.807, 2.05) is 53.2 Å². The molecule has 0 amide bonds. The lowest BCUT2D eigenvalue weighted by Gasteiger charge is -1.97. The lowest BCUT2D eigenvalue weighted by atomic mass is 10.1. The first kappa shape index (κ1) is 13.0. The van der Waals surface area contributed by atoms with Crippen LogP contribution >= 0.6 is 11.3 Å². The molecule has 4 aromatic rings. The SMILES string of the molecule is Nc1cccc(-c2cn3nc(Cc4ccccc4)sc3n2)c1. The Balaban J connectivity index is 1.65. The van der Waals surface area contributed by atoms with Crippen LogP contribution in [0.25, 0.3) is 16.2 Å². The summed E-state index contributed by atoms with van der Waals surface area (Å²) in [4.78, 5) is 5.56. The molecule has 2 N–H and O–H groups in total. The van der Waals surface area contributed by atoms with Crippen LogP contribution in [-0.4, -0.2) is 14.6 Å². The number of imidazole rings is 1. The van der Waals surface area contributed by atoms with Gasteiger partial charge in [-0.05, 0) is 17.7 Å². The minimum atomic E-state index is 0.742. The van der Waals surface area contributed by atoms with Crippen molar-refractivity contribution < 1.29 is 0 Å². The van der Waals surface area contributed by atoms with E-state index >= 15 is 0 Å². The lowest BCUT2D eigenvalue weighted by molar-refractivity contribution is 0.922. The van der Waals surface area contributed by atoms with E-state index < -0.39 is 0 Å². The van der Waals surface area contributed by atoms with Gasteiger partial charge in [-0.2, -0.15) is 5.10 Å². The summed E-state index contributed by atoms with van der Waals surface area (Å²) in [5.41, 5.74) is 9.75. The summed E-state index contributed by atoms with van der Waals surface area (Å²) in [6.07, 6.45) is 2.79. The summed E-state index contributed by atoms with van der Waals surface area (Å²) < 4.78 is 1.85. The van der Waals surface area contributed by atoms with Gasteiger partial charge >= 0.3 is 0 Å². The second-order valence-electron chi connectivity index (χ2n) is 5.14. The van der Waals surface area contributed by atoms with E-state index in [4.69, 9.17) is 5.73 Å².